The average molecular weight is 233 g/mol. The maximum atomic E-state index is 11.4. The minimum absolute atomic E-state index is 0.233. The van der Waals surface area contributed by atoms with Crippen molar-refractivity contribution in [3.05, 3.63) is 0 Å². The second-order valence-electron chi connectivity index (χ2n) is 1.77. The second-order valence-corrected chi connectivity index (χ2v) is 2.56. The van der Waals surface area contributed by atoms with Crippen molar-refractivity contribution in [1.82, 2.24) is 0 Å². The summed E-state index contributed by atoms with van der Waals surface area (Å²) in [5.74, 6) is 0. The molecule has 0 radical (unpaired) electrons. The Balaban J connectivity index is 2.80. The summed E-state index contributed by atoms with van der Waals surface area (Å²) in [5.41, 5.74) is 0. The molecule has 0 aliphatic carbocycles. The van der Waals surface area contributed by atoms with Gasteiger partial charge in [0.1, 0.15) is 6.61 Å². The Labute approximate surface area is 73.0 Å². The Morgan fingerprint density at radius 3 is 2.27 bits per heavy atom. The van der Waals surface area contributed by atoms with Crippen LogP contribution in [0, 0.1) is 0 Å². The number of halogens is 3. The number of hydrogen-bond acceptors (Lipinski definition) is 2. The Bertz CT molecular complexity index is 83.0. The Kier molecular flexibility index (Phi) is 8.56. The van der Waals surface area contributed by atoms with Crippen LogP contribution in [-0.4, -0.2) is 38.2 Å². The summed E-state index contributed by atoms with van der Waals surface area (Å²) in [7, 11) is 0. The van der Waals surface area contributed by atoms with Crippen LogP contribution >= 0.6 is 15.9 Å². The van der Waals surface area contributed by atoms with Crippen molar-refractivity contribution in [2.75, 3.05) is 31.8 Å². The van der Waals surface area contributed by atoms with Gasteiger partial charge in [0.05, 0.1) is 19.8 Å². The molecule has 5 heteroatoms. The molecule has 0 N–H and O–H groups in total. The molecule has 0 atom stereocenters. The molecule has 0 spiro atoms. The topological polar surface area (TPSA) is 18.5 Å². The minimum atomic E-state index is -2.38. The van der Waals surface area contributed by atoms with E-state index in [2.05, 4.69) is 20.7 Å². The molecule has 0 rings (SSSR count). The van der Waals surface area contributed by atoms with Crippen LogP contribution in [0.3, 0.4) is 0 Å². The lowest BCUT2D eigenvalue weighted by molar-refractivity contribution is -0.00692. The fraction of sp³-hybridized carbons (Fsp3) is 1.00. The number of rotatable bonds is 7. The highest BCUT2D eigenvalue weighted by Crippen LogP contribution is 1.92. The van der Waals surface area contributed by atoms with Gasteiger partial charge in [0, 0.05) is 5.33 Å². The van der Waals surface area contributed by atoms with Crippen LogP contribution in [0.2, 0.25) is 0 Å². The maximum absolute atomic E-state index is 11.4. The van der Waals surface area contributed by atoms with Crippen LogP contribution in [0.15, 0.2) is 0 Å². The number of alkyl halides is 3. The second kappa shape index (κ2) is 8.36. The van der Waals surface area contributed by atoms with Crippen molar-refractivity contribution in [2.24, 2.45) is 0 Å². The summed E-state index contributed by atoms with van der Waals surface area (Å²) < 4.78 is 32.4. The van der Waals surface area contributed by atoms with Gasteiger partial charge in [-0.3, -0.25) is 0 Å². The zero-order chi connectivity index (χ0) is 8.53. The van der Waals surface area contributed by atoms with E-state index in [4.69, 9.17) is 4.74 Å². The van der Waals surface area contributed by atoms with Crippen molar-refractivity contribution < 1.29 is 18.3 Å². The molecule has 11 heavy (non-hydrogen) atoms. The molecule has 0 aliphatic rings. The van der Waals surface area contributed by atoms with E-state index in [9.17, 15) is 8.78 Å². The molecule has 0 saturated carbocycles. The molecule has 2 nitrogen and oxygen atoms in total. The molecule has 0 aromatic heterocycles. The number of hydrogen-bond donors (Lipinski definition) is 0. The van der Waals surface area contributed by atoms with Crippen LogP contribution in [0.5, 0.6) is 0 Å². The van der Waals surface area contributed by atoms with Gasteiger partial charge in [-0.05, 0) is 0 Å². The van der Waals surface area contributed by atoms with E-state index in [0.29, 0.717) is 13.2 Å². The monoisotopic (exact) mass is 232 g/mol. The summed E-state index contributed by atoms with van der Waals surface area (Å²) in [6.07, 6.45) is -2.38. The first-order valence-electron chi connectivity index (χ1n) is 3.27. The van der Waals surface area contributed by atoms with Crippen LogP contribution in [0.4, 0.5) is 8.78 Å². The fourth-order valence-electron chi connectivity index (χ4n) is 0.447. The Morgan fingerprint density at radius 1 is 1.09 bits per heavy atom. The predicted molar refractivity (Wildman–Crippen MR) is 41.4 cm³/mol. The minimum Gasteiger partial charge on any atom is -0.378 e. The van der Waals surface area contributed by atoms with Crippen molar-refractivity contribution >= 4 is 15.9 Å². The highest BCUT2D eigenvalue weighted by molar-refractivity contribution is 9.09. The van der Waals surface area contributed by atoms with Gasteiger partial charge in [0.2, 0.25) is 0 Å². The summed E-state index contributed by atoms with van der Waals surface area (Å²) >= 11 is 3.16. The third-order valence-electron chi connectivity index (χ3n) is 0.837. The lowest BCUT2D eigenvalue weighted by atomic mass is 10.7. The lowest BCUT2D eigenvalue weighted by Crippen LogP contribution is -2.10. The molecule has 0 aromatic carbocycles. The van der Waals surface area contributed by atoms with Crippen LogP contribution in [-0.2, 0) is 9.47 Å². The molecule has 0 unspecified atom stereocenters. The van der Waals surface area contributed by atoms with E-state index in [1.165, 1.54) is 0 Å². The van der Waals surface area contributed by atoms with Gasteiger partial charge in [0.15, 0.2) is 0 Å². The van der Waals surface area contributed by atoms with E-state index in [-0.39, 0.29) is 6.61 Å². The van der Waals surface area contributed by atoms with Crippen LogP contribution in [0.25, 0.3) is 0 Å². The predicted octanol–water partition coefficient (Wildman–Crippen LogP) is 1.68. The third kappa shape index (κ3) is 10.3. The van der Waals surface area contributed by atoms with Crippen LogP contribution in [0.1, 0.15) is 0 Å². The first-order chi connectivity index (χ1) is 5.27. The third-order valence-corrected chi connectivity index (χ3v) is 1.16. The largest absolute Gasteiger partial charge is 0.378 e. The van der Waals surface area contributed by atoms with Gasteiger partial charge < -0.3 is 9.47 Å². The molecule has 68 valence electrons. The summed E-state index contributed by atoms with van der Waals surface area (Å²) in [6.45, 7) is 0.686. The zero-order valence-electron chi connectivity index (χ0n) is 6.06. The first-order valence-corrected chi connectivity index (χ1v) is 4.39. The molecule has 0 saturated heterocycles. The summed E-state index contributed by atoms with van der Waals surface area (Å²) in [6, 6.07) is 0. The molecule has 0 amide bonds. The van der Waals surface area contributed by atoms with Crippen LogP contribution < -0.4 is 0 Å². The molecule has 0 fully saturated rings. The quantitative estimate of drug-likeness (QED) is 0.492. The zero-order valence-corrected chi connectivity index (χ0v) is 7.65. The first kappa shape index (κ1) is 11.3. The smallest absolute Gasteiger partial charge is 0.261 e. The average Bonchev–Trinajstić information content (AvgIpc) is 1.96. The highest BCUT2D eigenvalue weighted by atomic mass is 79.9. The van der Waals surface area contributed by atoms with Gasteiger partial charge in [-0.1, -0.05) is 15.9 Å². The molecule has 0 aromatic rings. The highest BCUT2D eigenvalue weighted by Gasteiger charge is 2.00. The summed E-state index contributed by atoms with van der Waals surface area (Å²) in [4.78, 5) is 0. The van der Waals surface area contributed by atoms with Gasteiger partial charge in [-0.25, -0.2) is 8.78 Å². The van der Waals surface area contributed by atoms with Gasteiger partial charge >= 0.3 is 0 Å². The van der Waals surface area contributed by atoms with Gasteiger partial charge in [-0.2, -0.15) is 0 Å². The van der Waals surface area contributed by atoms with E-state index >= 15 is 0 Å². The van der Waals surface area contributed by atoms with Crippen molar-refractivity contribution in [2.45, 2.75) is 6.43 Å². The van der Waals surface area contributed by atoms with Crippen molar-refractivity contribution in [1.29, 1.82) is 0 Å². The molecule has 0 aliphatic heterocycles. The molecular formula is C6H11BrF2O2. The standard InChI is InChI=1S/C6H11BrF2O2/c7-1-2-10-3-4-11-5-6(8)9/h6H,1-5H2. The molecule has 0 heterocycles. The lowest BCUT2D eigenvalue weighted by Gasteiger charge is -2.03. The SMILES string of the molecule is FC(F)COCCOCCBr. The Hall–Kier alpha value is 0.260. The van der Waals surface area contributed by atoms with E-state index in [1.807, 2.05) is 0 Å². The normalized spacial score (nSPS) is 10.9. The van der Waals surface area contributed by atoms with E-state index in [0.717, 1.165) is 5.33 Å². The van der Waals surface area contributed by atoms with Gasteiger partial charge in [0.25, 0.3) is 6.43 Å². The maximum Gasteiger partial charge on any atom is 0.261 e. The fourth-order valence-corrected chi connectivity index (χ4v) is 0.676. The van der Waals surface area contributed by atoms with E-state index in [1.54, 1.807) is 0 Å². The van der Waals surface area contributed by atoms with Gasteiger partial charge in [-0.15, -0.1) is 0 Å². The summed E-state index contributed by atoms with van der Waals surface area (Å²) in [5, 5.41) is 0.752. The van der Waals surface area contributed by atoms with Crippen molar-refractivity contribution in [3.8, 4) is 0 Å². The molecule has 0 bridgehead atoms. The Morgan fingerprint density at radius 2 is 1.73 bits per heavy atom. The van der Waals surface area contributed by atoms with Crippen molar-refractivity contribution in [3.63, 3.8) is 0 Å². The molecular weight excluding hydrogens is 222 g/mol. The van der Waals surface area contributed by atoms with E-state index < -0.39 is 13.0 Å². The number of ether oxygens (including phenoxy) is 2.